The van der Waals surface area contributed by atoms with Gasteiger partial charge in [0.25, 0.3) is 0 Å². The van der Waals surface area contributed by atoms with Gasteiger partial charge in [0.2, 0.25) is 0 Å². The zero-order chi connectivity index (χ0) is 59.8. The van der Waals surface area contributed by atoms with Crippen molar-refractivity contribution in [2.45, 2.75) is 276 Å². The average molecular weight is 1200 g/mol. The molecule has 1 N–H and O–H groups in total. The van der Waals surface area contributed by atoms with E-state index in [9.17, 15) is 19.5 Å². The molecule has 0 aromatic heterocycles. The Morgan fingerprint density at radius 3 is 1.68 bits per heavy atom. The van der Waals surface area contributed by atoms with Gasteiger partial charge in [-0.2, -0.15) is 0 Å². The van der Waals surface area contributed by atoms with Crippen molar-refractivity contribution in [3.8, 4) is 5.75 Å². The minimum absolute atomic E-state index is 0.000981. The first-order valence-electron chi connectivity index (χ1n) is 32.5. The van der Waals surface area contributed by atoms with Crippen LogP contribution in [-0.4, -0.2) is 142 Å². The molecular weight excluding hydrogens is 1090 g/mol. The lowest BCUT2D eigenvalue weighted by Crippen LogP contribution is -2.66. The van der Waals surface area contributed by atoms with Gasteiger partial charge in [0, 0.05) is 37.2 Å². The van der Waals surface area contributed by atoms with E-state index in [0.717, 1.165) is 73.7 Å². The number of hydrogen-bond donors (Lipinski definition) is 1. The highest BCUT2D eigenvalue weighted by molar-refractivity contribution is 6.74. The van der Waals surface area contributed by atoms with Crippen molar-refractivity contribution >= 4 is 42.7 Å². The number of carbonyl (C=O) groups is 3. The predicted octanol–water partition coefficient (Wildman–Crippen LogP) is 12.8. The molecule has 2 saturated heterocycles. The van der Waals surface area contributed by atoms with Gasteiger partial charge in [-0.3, -0.25) is 9.59 Å². The summed E-state index contributed by atoms with van der Waals surface area (Å²) in [5.74, 6) is 0.0587. The number of fused-ring (bicyclic) bond motifs is 4. The van der Waals surface area contributed by atoms with Gasteiger partial charge in [-0.1, -0.05) is 90.0 Å². The van der Waals surface area contributed by atoms with Gasteiger partial charge in [0.1, 0.15) is 29.3 Å². The molecule has 19 atom stereocenters. The van der Waals surface area contributed by atoms with Crippen molar-refractivity contribution in [2.24, 2.45) is 45.8 Å². The third-order valence-corrected chi connectivity index (χ3v) is 37.9. The second-order valence-corrected chi connectivity index (χ2v) is 40.8. The zero-order valence-corrected chi connectivity index (χ0v) is 56.3. The molecule has 0 unspecified atom stereocenters. The number of aliphatic hydroxyl groups is 1. The Bertz CT molecular complexity index is 2290. The summed E-state index contributed by atoms with van der Waals surface area (Å²) >= 11 is 0. The van der Waals surface area contributed by atoms with Crippen LogP contribution in [0, 0.1) is 45.8 Å². The summed E-state index contributed by atoms with van der Waals surface area (Å²) in [4.78, 5) is 43.1. The Morgan fingerprint density at radius 1 is 0.646 bits per heavy atom. The van der Waals surface area contributed by atoms with Crippen LogP contribution in [-0.2, 0) is 56.0 Å². The first-order valence-corrected chi connectivity index (χ1v) is 40.0. The lowest BCUT2D eigenvalue weighted by Gasteiger charge is -2.61. The number of carbonyl (C=O) groups excluding carboxylic acids is 3. The highest BCUT2D eigenvalue weighted by atomic mass is 28.4. The molecule has 1 spiro atoms. The van der Waals surface area contributed by atoms with Crippen molar-refractivity contribution in [3.63, 3.8) is 0 Å². The predicted molar refractivity (Wildman–Crippen MR) is 323 cm³/mol. The van der Waals surface area contributed by atoms with Gasteiger partial charge in [-0.05, 0) is 159 Å². The van der Waals surface area contributed by atoms with E-state index in [0.29, 0.717) is 42.4 Å². The van der Waals surface area contributed by atoms with E-state index in [1.807, 2.05) is 21.0 Å². The number of benzene rings is 1. The molecule has 0 amide bonds. The maximum atomic E-state index is 14.8. The molecule has 1 aromatic carbocycles. The molecule has 7 fully saturated rings. The van der Waals surface area contributed by atoms with Gasteiger partial charge in [0.15, 0.2) is 49.7 Å². The van der Waals surface area contributed by atoms with Gasteiger partial charge in [0.05, 0.1) is 50.3 Å². The van der Waals surface area contributed by atoms with Crippen LogP contribution in [0.5, 0.6) is 5.75 Å². The number of methoxy groups -OCH3 is 2. The molecule has 15 nitrogen and oxygen atoms in total. The average Bonchev–Trinajstić information content (AvgIpc) is 1.95. The molecule has 5 aliphatic carbocycles. The normalized spacial score (nSPS) is 38.4. The third kappa shape index (κ3) is 11.5. The van der Waals surface area contributed by atoms with E-state index in [1.54, 1.807) is 31.4 Å². The van der Waals surface area contributed by atoms with Crippen molar-refractivity contribution in [3.05, 3.63) is 29.8 Å². The Labute approximate surface area is 496 Å². The standard InChI is InChI=1S/C64H108O15Si3/c1-17-27-49(66)41(11)64(68)53(37-48-46-36-52(70-16)63-38-44(63)32-34-61(63,13)47(46)33-35-62(48,64)14)74-59-56(73-42(12)65)54(50(39-71-59)77-80(18-2,19-3)20-4)76-60-57(75-58(67)43-28-30-45(69-15)31-29-43)55(79-82(24-8,25-9)26-10)51(40-72-60)78-81(21-5,22-6)23-7/h28-31,41,44,46-48,50-57,59-60,68H,17-27,32-40H2,1-16H3/t41-,44-,46-,47+,48+,50+,51-,52-,53+,54+,55+,56-,57-,59+,60+,61-,62+,63+,64-/m1/s1. The molecule has 466 valence electrons. The van der Waals surface area contributed by atoms with E-state index in [-0.39, 0.29) is 47.8 Å². The molecule has 5 saturated carbocycles. The maximum Gasteiger partial charge on any atom is 0.338 e. The first-order chi connectivity index (χ1) is 39.1. The molecule has 0 radical (unpaired) electrons. The number of esters is 2. The van der Waals surface area contributed by atoms with Gasteiger partial charge < -0.3 is 56.3 Å². The summed E-state index contributed by atoms with van der Waals surface area (Å²) in [6.45, 7) is 29.7. The van der Waals surface area contributed by atoms with Crippen LogP contribution < -0.4 is 4.74 Å². The molecule has 0 bridgehead atoms. The fraction of sp³-hybridized carbons (Fsp3) is 0.859. The summed E-state index contributed by atoms with van der Waals surface area (Å²) in [5.41, 5.74) is -1.67. The number of ether oxygens (including phenoxy) is 8. The van der Waals surface area contributed by atoms with Crippen molar-refractivity contribution in [2.75, 3.05) is 27.4 Å². The Hall–Kier alpha value is -2.08. The Balaban J connectivity index is 1.22. The fourth-order valence-electron chi connectivity index (χ4n) is 18.1. The summed E-state index contributed by atoms with van der Waals surface area (Å²) in [6.07, 6.45) is -1.20. The van der Waals surface area contributed by atoms with E-state index < -0.39 is 109 Å². The molecule has 8 rings (SSSR count). The van der Waals surface area contributed by atoms with Gasteiger partial charge >= 0.3 is 11.9 Å². The fourth-order valence-corrected chi connectivity index (χ4v) is 26.6. The van der Waals surface area contributed by atoms with Gasteiger partial charge in [-0.15, -0.1) is 0 Å². The molecule has 82 heavy (non-hydrogen) atoms. The Kier molecular flexibility index (Phi) is 21.2. The van der Waals surface area contributed by atoms with Crippen LogP contribution in [0.15, 0.2) is 24.3 Å². The summed E-state index contributed by atoms with van der Waals surface area (Å²) in [6, 6.07) is 14.4. The molecule has 1 aromatic rings. The van der Waals surface area contributed by atoms with E-state index in [2.05, 4.69) is 76.2 Å². The van der Waals surface area contributed by atoms with E-state index in [1.165, 1.54) is 26.2 Å². The summed E-state index contributed by atoms with van der Waals surface area (Å²) in [5, 5.41) is 14.0. The van der Waals surface area contributed by atoms with Crippen LogP contribution in [0.1, 0.15) is 165 Å². The maximum absolute atomic E-state index is 14.8. The lowest BCUT2D eigenvalue weighted by molar-refractivity contribution is -0.342. The molecular formula is C64H108O15Si3. The number of ketones is 1. The molecule has 2 aliphatic heterocycles. The minimum atomic E-state index is -2.50. The second kappa shape index (κ2) is 26.3. The third-order valence-electron chi connectivity index (χ3n) is 23.9. The molecule has 18 heteroatoms. The number of rotatable bonds is 28. The second-order valence-electron chi connectivity index (χ2n) is 26.6. The van der Waals surface area contributed by atoms with Crippen LogP contribution >= 0.6 is 0 Å². The SMILES string of the molecule is CCCC(=O)[C@@H](C)[C@@]1(O)[C@@H](O[C@@H]2OC[C@H](O[Si](CC)(CC)CC)[C@H](O[C@@H]3OC[C@@H](O[Si](CC)(CC)CC)[C@H](O[Si](CC)(CC)CC)[C@H]3OC(=O)c3ccc(OC)cc3)[C@H]2OC(C)=O)C[C@H]2[C@@H]3C[C@@H](OC)[C@]45C[C@H]4CC[C@]5(C)[C@H]3CC[C@@]21C. The van der Waals surface area contributed by atoms with Gasteiger partial charge in [-0.25, -0.2) is 4.79 Å². The zero-order valence-electron chi connectivity index (χ0n) is 53.3. The van der Waals surface area contributed by atoms with Crippen LogP contribution in [0.25, 0.3) is 0 Å². The van der Waals surface area contributed by atoms with Crippen LogP contribution in [0.4, 0.5) is 0 Å². The smallest absolute Gasteiger partial charge is 0.338 e. The van der Waals surface area contributed by atoms with Crippen molar-refractivity contribution in [1.82, 2.24) is 0 Å². The van der Waals surface area contributed by atoms with Crippen LogP contribution in [0.3, 0.4) is 0 Å². The van der Waals surface area contributed by atoms with Crippen molar-refractivity contribution < 1.29 is 70.7 Å². The monoisotopic (exact) mass is 1200 g/mol. The quantitative estimate of drug-likeness (QED) is 0.0620. The number of Topliss-reactive ketones (excluding diaryl/α,β-unsaturated/α-hetero) is 1. The minimum Gasteiger partial charge on any atom is -0.497 e. The van der Waals surface area contributed by atoms with Crippen molar-refractivity contribution in [1.29, 1.82) is 0 Å². The van der Waals surface area contributed by atoms with E-state index >= 15 is 0 Å². The largest absolute Gasteiger partial charge is 0.497 e. The topological polar surface area (TPSA) is 173 Å². The molecule has 2 heterocycles. The number of hydrogen-bond acceptors (Lipinski definition) is 15. The lowest BCUT2D eigenvalue weighted by atomic mass is 9.44. The highest BCUT2D eigenvalue weighted by Gasteiger charge is 2.79. The Morgan fingerprint density at radius 2 is 1.17 bits per heavy atom. The summed E-state index contributed by atoms with van der Waals surface area (Å²) < 4.78 is 76.3. The highest BCUT2D eigenvalue weighted by Crippen LogP contribution is 2.82. The molecule has 7 aliphatic rings. The first kappa shape index (κ1) is 65.9. The van der Waals surface area contributed by atoms with Crippen LogP contribution in [0.2, 0.25) is 54.4 Å². The van der Waals surface area contributed by atoms with E-state index in [4.69, 9.17) is 51.2 Å². The summed E-state index contributed by atoms with van der Waals surface area (Å²) in [7, 11) is -3.85.